The highest BCUT2D eigenvalue weighted by molar-refractivity contribution is 5.91. The summed E-state index contributed by atoms with van der Waals surface area (Å²) in [6.07, 6.45) is 0.810. The molecule has 1 aromatic rings. The van der Waals surface area contributed by atoms with Crippen LogP contribution in [0, 0.1) is 0 Å². The molecular formula is C9H13N3O2. The fourth-order valence-corrected chi connectivity index (χ4v) is 1.07. The van der Waals surface area contributed by atoms with Crippen LogP contribution in [-0.4, -0.2) is 22.7 Å². The van der Waals surface area contributed by atoms with Crippen LogP contribution in [0.15, 0.2) is 16.9 Å². The van der Waals surface area contributed by atoms with Crippen molar-refractivity contribution in [2.75, 3.05) is 7.05 Å². The largest absolute Gasteiger partial charge is 0.354 e. The molecule has 5 nitrogen and oxygen atoms in total. The third kappa shape index (κ3) is 2.18. The minimum absolute atomic E-state index is 0.181. The third-order valence-electron chi connectivity index (χ3n) is 1.76. The number of carbonyl (C=O) groups is 1. The molecule has 0 atom stereocenters. The van der Waals surface area contributed by atoms with Crippen molar-refractivity contribution in [1.29, 1.82) is 0 Å². The van der Waals surface area contributed by atoms with E-state index in [-0.39, 0.29) is 17.2 Å². The maximum absolute atomic E-state index is 11.2. The first-order valence-electron chi connectivity index (χ1n) is 4.49. The van der Waals surface area contributed by atoms with Crippen molar-refractivity contribution in [2.45, 2.75) is 19.9 Å². The number of nitrogens with one attached hydrogen (secondary N) is 1. The molecule has 0 aromatic carbocycles. The van der Waals surface area contributed by atoms with Crippen LogP contribution in [0.5, 0.6) is 0 Å². The van der Waals surface area contributed by atoms with Crippen molar-refractivity contribution in [3.63, 3.8) is 0 Å². The highest BCUT2D eigenvalue weighted by atomic mass is 16.2. The number of carbonyl (C=O) groups excluding carboxylic acids is 1. The van der Waals surface area contributed by atoms with E-state index < -0.39 is 0 Å². The molecule has 0 saturated carbocycles. The molecule has 1 heterocycles. The summed E-state index contributed by atoms with van der Waals surface area (Å²) in [4.78, 5) is 22.4. The molecule has 1 rings (SSSR count). The van der Waals surface area contributed by atoms with Gasteiger partial charge < -0.3 is 5.32 Å². The number of hydrogen-bond donors (Lipinski definition) is 1. The lowest BCUT2D eigenvalue weighted by atomic mass is 10.3. The predicted octanol–water partition coefficient (Wildman–Crippen LogP) is 0.0129. The van der Waals surface area contributed by atoms with Crippen LogP contribution in [0.2, 0.25) is 0 Å². The zero-order chi connectivity index (χ0) is 10.6. The molecule has 0 radical (unpaired) electrons. The van der Waals surface area contributed by atoms with Gasteiger partial charge in [0.15, 0.2) is 0 Å². The molecule has 0 aliphatic carbocycles. The summed E-state index contributed by atoms with van der Waals surface area (Å²) in [5.74, 6) is -0.283. The van der Waals surface area contributed by atoms with Gasteiger partial charge in [-0.15, -0.1) is 0 Å². The summed E-state index contributed by atoms with van der Waals surface area (Å²) in [5, 5.41) is 6.38. The normalized spacial score (nSPS) is 9.86. The van der Waals surface area contributed by atoms with E-state index in [1.165, 1.54) is 23.9 Å². The van der Waals surface area contributed by atoms with E-state index in [4.69, 9.17) is 0 Å². The van der Waals surface area contributed by atoms with Gasteiger partial charge in [-0.25, -0.2) is 4.68 Å². The van der Waals surface area contributed by atoms with Crippen molar-refractivity contribution < 1.29 is 4.79 Å². The number of hydrogen-bond acceptors (Lipinski definition) is 3. The smallest absolute Gasteiger partial charge is 0.271 e. The molecule has 0 spiro atoms. The van der Waals surface area contributed by atoms with E-state index >= 15 is 0 Å². The third-order valence-corrected chi connectivity index (χ3v) is 1.76. The summed E-state index contributed by atoms with van der Waals surface area (Å²) in [5.41, 5.74) is 0.0834. The molecule has 0 bridgehead atoms. The van der Waals surface area contributed by atoms with Crippen LogP contribution in [0.1, 0.15) is 23.8 Å². The van der Waals surface area contributed by atoms with Gasteiger partial charge >= 0.3 is 0 Å². The van der Waals surface area contributed by atoms with Crippen molar-refractivity contribution >= 4 is 5.91 Å². The average molecular weight is 195 g/mol. The lowest BCUT2D eigenvalue weighted by Crippen LogP contribution is -2.27. The van der Waals surface area contributed by atoms with E-state index in [1.54, 1.807) is 0 Å². The molecule has 0 fully saturated rings. The van der Waals surface area contributed by atoms with E-state index in [1.807, 2.05) is 6.92 Å². The summed E-state index contributed by atoms with van der Waals surface area (Å²) in [7, 11) is 1.53. The SMILES string of the molecule is CCCn1nc(C(=O)NC)ccc1=O. The van der Waals surface area contributed by atoms with Gasteiger partial charge in [0, 0.05) is 19.7 Å². The van der Waals surface area contributed by atoms with Gasteiger partial charge in [0.05, 0.1) is 0 Å². The van der Waals surface area contributed by atoms with Crippen LogP contribution in [0.4, 0.5) is 0 Å². The van der Waals surface area contributed by atoms with Crippen molar-refractivity contribution in [3.8, 4) is 0 Å². The Morgan fingerprint density at radius 2 is 2.29 bits per heavy atom. The molecule has 0 aliphatic heterocycles. The Morgan fingerprint density at radius 3 is 2.86 bits per heavy atom. The summed E-state index contributed by atoms with van der Waals surface area (Å²) in [6, 6.07) is 2.78. The van der Waals surface area contributed by atoms with Crippen LogP contribution < -0.4 is 10.9 Å². The number of nitrogens with zero attached hydrogens (tertiary/aromatic N) is 2. The van der Waals surface area contributed by atoms with Crippen LogP contribution in [-0.2, 0) is 6.54 Å². The minimum atomic E-state index is -0.283. The topological polar surface area (TPSA) is 64.0 Å². The maximum atomic E-state index is 11.2. The van der Waals surface area contributed by atoms with E-state index in [2.05, 4.69) is 10.4 Å². The molecule has 1 amide bonds. The molecule has 5 heteroatoms. The Balaban J connectivity index is 3.06. The van der Waals surface area contributed by atoms with Gasteiger partial charge in [-0.3, -0.25) is 9.59 Å². The predicted molar refractivity (Wildman–Crippen MR) is 52.2 cm³/mol. The minimum Gasteiger partial charge on any atom is -0.354 e. The van der Waals surface area contributed by atoms with Crippen LogP contribution >= 0.6 is 0 Å². The Morgan fingerprint density at radius 1 is 1.57 bits per heavy atom. The van der Waals surface area contributed by atoms with Crippen LogP contribution in [0.3, 0.4) is 0 Å². The maximum Gasteiger partial charge on any atom is 0.271 e. The Bertz CT molecular complexity index is 384. The molecule has 14 heavy (non-hydrogen) atoms. The first-order valence-corrected chi connectivity index (χ1v) is 4.49. The standard InChI is InChI=1S/C9H13N3O2/c1-3-6-12-8(13)5-4-7(11-12)9(14)10-2/h4-5H,3,6H2,1-2H3,(H,10,14). The second kappa shape index (κ2) is 4.55. The number of aromatic nitrogens is 2. The lowest BCUT2D eigenvalue weighted by Gasteiger charge is -2.03. The fraction of sp³-hybridized carbons (Fsp3) is 0.444. The van der Waals surface area contributed by atoms with Gasteiger partial charge in [-0.05, 0) is 12.5 Å². The molecule has 0 aliphatic rings. The lowest BCUT2D eigenvalue weighted by molar-refractivity contribution is 0.0955. The van der Waals surface area contributed by atoms with Crippen molar-refractivity contribution in [3.05, 3.63) is 28.2 Å². The van der Waals surface area contributed by atoms with E-state index in [0.29, 0.717) is 6.54 Å². The number of rotatable bonds is 3. The Hall–Kier alpha value is -1.65. The molecule has 0 saturated heterocycles. The molecular weight excluding hydrogens is 182 g/mol. The highest BCUT2D eigenvalue weighted by Crippen LogP contribution is 1.90. The van der Waals surface area contributed by atoms with Crippen LogP contribution in [0.25, 0.3) is 0 Å². The van der Waals surface area contributed by atoms with Gasteiger partial charge in [-0.2, -0.15) is 5.10 Å². The highest BCUT2D eigenvalue weighted by Gasteiger charge is 2.06. The summed E-state index contributed by atoms with van der Waals surface area (Å²) >= 11 is 0. The monoisotopic (exact) mass is 195 g/mol. The molecule has 76 valence electrons. The quantitative estimate of drug-likeness (QED) is 0.739. The average Bonchev–Trinajstić information content (AvgIpc) is 2.20. The zero-order valence-electron chi connectivity index (χ0n) is 8.28. The van der Waals surface area contributed by atoms with Gasteiger partial charge in [0.25, 0.3) is 11.5 Å². The molecule has 0 unspecified atom stereocenters. The zero-order valence-corrected chi connectivity index (χ0v) is 8.28. The number of amides is 1. The van der Waals surface area contributed by atoms with Gasteiger partial charge in [0.1, 0.15) is 5.69 Å². The first kappa shape index (κ1) is 10.4. The first-order chi connectivity index (χ1) is 6.69. The van der Waals surface area contributed by atoms with Gasteiger partial charge in [0.2, 0.25) is 0 Å². The summed E-state index contributed by atoms with van der Waals surface area (Å²) < 4.78 is 1.30. The van der Waals surface area contributed by atoms with Crippen molar-refractivity contribution in [1.82, 2.24) is 15.1 Å². The second-order valence-electron chi connectivity index (χ2n) is 2.86. The molecule has 1 N–H and O–H groups in total. The number of aryl methyl sites for hydroxylation is 1. The summed E-state index contributed by atoms with van der Waals surface area (Å²) in [6.45, 7) is 2.48. The van der Waals surface area contributed by atoms with E-state index in [0.717, 1.165) is 6.42 Å². The van der Waals surface area contributed by atoms with Gasteiger partial charge in [-0.1, -0.05) is 6.92 Å². The van der Waals surface area contributed by atoms with Crippen molar-refractivity contribution in [2.24, 2.45) is 0 Å². The molecule has 1 aromatic heterocycles. The fourth-order valence-electron chi connectivity index (χ4n) is 1.07. The Labute approximate surface area is 81.7 Å². The van der Waals surface area contributed by atoms with E-state index in [9.17, 15) is 9.59 Å². The second-order valence-corrected chi connectivity index (χ2v) is 2.86. The Kier molecular flexibility index (Phi) is 3.39.